The van der Waals surface area contributed by atoms with Crippen LogP contribution in [0.3, 0.4) is 0 Å². The van der Waals surface area contributed by atoms with Crippen molar-refractivity contribution in [2.45, 2.75) is 46.3 Å². The number of allylic oxidation sites excluding steroid dienone is 1. The molecule has 35 heavy (non-hydrogen) atoms. The Labute approximate surface area is 205 Å². The van der Waals surface area contributed by atoms with Gasteiger partial charge >= 0.3 is 18.0 Å². The second-order valence-corrected chi connectivity index (χ2v) is 8.39. The van der Waals surface area contributed by atoms with Crippen LogP contribution in [-0.2, 0) is 9.53 Å². The maximum atomic E-state index is 13.0. The van der Waals surface area contributed by atoms with Crippen molar-refractivity contribution in [3.63, 3.8) is 0 Å². The molecule has 3 N–H and O–H groups in total. The standard InChI is InChI=1S/C26H32N4O5/c1-6-14-30-17(4)22(24(31)35-16(2)3)23(29-26(30)33)18-10-9-11-19(15-18)27-25(32)28-20-12-7-8-13-21(20)34-5/h7-13,15-16,23H,6,14H2,1-5H3,(H,29,33)(H2,27,28,32). The third-order valence-electron chi connectivity index (χ3n) is 5.44. The first-order chi connectivity index (χ1) is 16.7. The van der Waals surface area contributed by atoms with E-state index < -0.39 is 18.0 Å². The van der Waals surface area contributed by atoms with Gasteiger partial charge in [-0.25, -0.2) is 14.4 Å². The average molecular weight is 481 g/mol. The molecular formula is C26H32N4O5. The molecule has 3 rings (SSSR count). The molecule has 0 radical (unpaired) electrons. The number of hydrogen-bond acceptors (Lipinski definition) is 5. The van der Waals surface area contributed by atoms with E-state index in [4.69, 9.17) is 9.47 Å². The van der Waals surface area contributed by atoms with Gasteiger partial charge in [-0.15, -0.1) is 0 Å². The monoisotopic (exact) mass is 480 g/mol. The molecule has 0 saturated carbocycles. The minimum atomic E-state index is -0.721. The SMILES string of the molecule is CCCN1C(=O)NC(c2cccc(NC(=O)Nc3ccccc3OC)c2)C(C(=O)OC(C)C)=C1C. The molecule has 1 aliphatic rings. The summed E-state index contributed by atoms with van der Waals surface area (Å²) in [6, 6.07) is 12.6. The second kappa shape index (κ2) is 11.4. The van der Waals surface area contributed by atoms with Gasteiger partial charge < -0.3 is 25.4 Å². The largest absolute Gasteiger partial charge is 0.495 e. The summed E-state index contributed by atoms with van der Waals surface area (Å²) in [5, 5.41) is 8.47. The van der Waals surface area contributed by atoms with Gasteiger partial charge in [0.15, 0.2) is 0 Å². The summed E-state index contributed by atoms with van der Waals surface area (Å²) < 4.78 is 10.8. The van der Waals surface area contributed by atoms with E-state index in [1.165, 1.54) is 7.11 Å². The van der Waals surface area contributed by atoms with Crippen molar-refractivity contribution in [2.75, 3.05) is 24.3 Å². The number of ether oxygens (including phenoxy) is 2. The Kier molecular flexibility index (Phi) is 8.35. The van der Waals surface area contributed by atoms with Crippen LogP contribution in [-0.4, -0.2) is 42.7 Å². The number of para-hydroxylation sites is 2. The number of esters is 1. The van der Waals surface area contributed by atoms with Crippen LogP contribution < -0.4 is 20.7 Å². The first-order valence-corrected chi connectivity index (χ1v) is 11.6. The zero-order valence-electron chi connectivity index (χ0n) is 20.7. The normalized spacial score (nSPS) is 15.5. The van der Waals surface area contributed by atoms with Crippen molar-refractivity contribution in [3.8, 4) is 5.75 Å². The molecule has 0 fully saturated rings. The lowest BCUT2D eigenvalue weighted by Crippen LogP contribution is -2.48. The Bertz CT molecular complexity index is 1130. The summed E-state index contributed by atoms with van der Waals surface area (Å²) in [5.41, 5.74) is 2.58. The Hall–Kier alpha value is -4.01. The van der Waals surface area contributed by atoms with Crippen LogP contribution in [0.4, 0.5) is 21.0 Å². The molecule has 1 aliphatic heterocycles. The molecule has 0 saturated heterocycles. The summed E-state index contributed by atoms with van der Waals surface area (Å²) in [5.74, 6) is 0.0442. The lowest BCUT2D eigenvalue weighted by Gasteiger charge is -2.35. The maximum Gasteiger partial charge on any atom is 0.338 e. The van der Waals surface area contributed by atoms with Crippen LogP contribution in [0.1, 0.15) is 45.7 Å². The Morgan fingerprint density at radius 3 is 2.54 bits per heavy atom. The van der Waals surface area contributed by atoms with Crippen LogP contribution in [0.2, 0.25) is 0 Å². The molecule has 186 valence electrons. The molecule has 1 heterocycles. The molecule has 1 unspecified atom stereocenters. The van der Waals surface area contributed by atoms with Gasteiger partial charge in [0.25, 0.3) is 0 Å². The Morgan fingerprint density at radius 2 is 1.86 bits per heavy atom. The van der Waals surface area contributed by atoms with Gasteiger partial charge in [0.1, 0.15) is 5.75 Å². The predicted molar refractivity (Wildman–Crippen MR) is 134 cm³/mol. The highest BCUT2D eigenvalue weighted by molar-refractivity contribution is 6.01. The van der Waals surface area contributed by atoms with E-state index >= 15 is 0 Å². The van der Waals surface area contributed by atoms with Crippen LogP contribution >= 0.6 is 0 Å². The lowest BCUT2D eigenvalue weighted by atomic mass is 9.94. The van der Waals surface area contributed by atoms with Crippen LogP contribution in [0, 0.1) is 0 Å². The first-order valence-electron chi connectivity index (χ1n) is 11.6. The van der Waals surface area contributed by atoms with Crippen molar-refractivity contribution in [2.24, 2.45) is 0 Å². The van der Waals surface area contributed by atoms with E-state index in [9.17, 15) is 14.4 Å². The molecule has 2 aromatic rings. The van der Waals surface area contributed by atoms with Crippen molar-refractivity contribution in [1.29, 1.82) is 0 Å². The summed E-state index contributed by atoms with van der Waals surface area (Å²) in [7, 11) is 1.53. The number of hydrogen-bond donors (Lipinski definition) is 3. The lowest BCUT2D eigenvalue weighted by molar-refractivity contribution is -0.143. The number of nitrogens with zero attached hydrogens (tertiary/aromatic N) is 1. The minimum Gasteiger partial charge on any atom is -0.495 e. The third kappa shape index (κ3) is 6.11. The van der Waals surface area contributed by atoms with Crippen molar-refractivity contribution < 1.29 is 23.9 Å². The fourth-order valence-corrected chi connectivity index (χ4v) is 3.89. The van der Waals surface area contributed by atoms with E-state index in [2.05, 4.69) is 16.0 Å². The van der Waals surface area contributed by atoms with E-state index in [1.807, 2.05) is 13.0 Å². The van der Waals surface area contributed by atoms with E-state index in [1.54, 1.807) is 68.1 Å². The van der Waals surface area contributed by atoms with Gasteiger partial charge in [-0.2, -0.15) is 0 Å². The van der Waals surface area contributed by atoms with Crippen LogP contribution in [0.25, 0.3) is 0 Å². The number of urea groups is 2. The molecule has 9 nitrogen and oxygen atoms in total. The molecule has 2 aromatic carbocycles. The molecule has 9 heteroatoms. The van der Waals surface area contributed by atoms with Crippen LogP contribution in [0.15, 0.2) is 59.8 Å². The van der Waals surface area contributed by atoms with Gasteiger partial charge in [0.05, 0.1) is 30.5 Å². The van der Waals surface area contributed by atoms with Gasteiger partial charge in [0.2, 0.25) is 0 Å². The quantitative estimate of drug-likeness (QED) is 0.459. The van der Waals surface area contributed by atoms with Gasteiger partial charge in [-0.05, 0) is 57.0 Å². The number of anilines is 2. The Morgan fingerprint density at radius 1 is 1.11 bits per heavy atom. The zero-order valence-corrected chi connectivity index (χ0v) is 20.7. The molecule has 0 spiro atoms. The maximum absolute atomic E-state index is 13.0. The highest BCUT2D eigenvalue weighted by Crippen LogP contribution is 2.33. The van der Waals surface area contributed by atoms with Gasteiger partial charge in [0, 0.05) is 17.9 Å². The van der Waals surface area contributed by atoms with Crippen molar-refractivity contribution in [3.05, 3.63) is 65.4 Å². The molecule has 0 aliphatic carbocycles. The second-order valence-electron chi connectivity index (χ2n) is 8.39. The minimum absolute atomic E-state index is 0.289. The number of nitrogens with one attached hydrogen (secondary N) is 3. The topological polar surface area (TPSA) is 109 Å². The van der Waals surface area contributed by atoms with Crippen LogP contribution in [0.5, 0.6) is 5.75 Å². The number of carbonyl (C=O) groups excluding carboxylic acids is 3. The summed E-state index contributed by atoms with van der Waals surface area (Å²) in [4.78, 5) is 40.0. The number of benzene rings is 2. The molecule has 0 bridgehead atoms. The fourth-order valence-electron chi connectivity index (χ4n) is 3.89. The van der Waals surface area contributed by atoms with Gasteiger partial charge in [-0.3, -0.25) is 4.90 Å². The molecular weight excluding hydrogens is 448 g/mol. The molecule has 0 aromatic heterocycles. The van der Waals surface area contributed by atoms with E-state index in [0.717, 1.165) is 6.42 Å². The summed E-state index contributed by atoms with van der Waals surface area (Å²) >= 11 is 0. The van der Waals surface area contributed by atoms with Crippen molar-refractivity contribution in [1.82, 2.24) is 10.2 Å². The zero-order chi connectivity index (χ0) is 25.5. The third-order valence-corrected chi connectivity index (χ3v) is 5.44. The highest BCUT2D eigenvalue weighted by atomic mass is 16.5. The predicted octanol–water partition coefficient (Wildman–Crippen LogP) is 5.04. The number of carbonyl (C=O) groups is 3. The smallest absolute Gasteiger partial charge is 0.338 e. The first kappa shape index (κ1) is 25.6. The van der Waals surface area contributed by atoms with E-state index in [0.29, 0.717) is 40.5 Å². The summed E-state index contributed by atoms with van der Waals surface area (Å²) in [6.07, 6.45) is 0.426. The number of amides is 4. The number of methoxy groups -OCH3 is 1. The van der Waals surface area contributed by atoms with E-state index in [-0.39, 0.29) is 12.1 Å². The highest BCUT2D eigenvalue weighted by Gasteiger charge is 2.36. The molecule has 1 atom stereocenters. The van der Waals surface area contributed by atoms with Gasteiger partial charge in [-0.1, -0.05) is 31.2 Å². The average Bonchev–Trinajstić information content (AvgIpc) is 2.81. The fraction of sp³-hybridized carbons (Fsp3) is 0.346. The Balaban J connectivity index is 1.88. The van der Waals surface area contributed by atoms with Crippen molar-refractivity contribution >= 4 is 29.4 Å². The molecule has 4 amide bonds. The number of rotatable bonds is 8. The summed E-state index contributed by atoms with van der Waals surface area (Å²) in [6.45, 7) is 7.75.